The van der Waals surface area contributed by atoms with Gasteiger partial charge in [0.1, 0.15) is 6.61 Å². The molecule has 0 bridgehead atoms. The Morgan fingerprint density at radius 3 is 1.26 bits per heavy atom. The number of unbranched alkanes of at least 4 members (excludes halogenated alkanes) is 28. The van der Waals surface area contributed by atoms with Crippen LogP contribution in [-0.2, 0) is 32.7 Å². The number of rotatable bonds is 42. The number of allylic oxidation sites excluding steroid dienone is 2. The molecule has 2 unspecified atom stereocenters. The van der Waals surface area contributed by atoms with Crippen molar-refractivity contribution >= 4 is 19.8 Å². The van der Waals surface area contributed by atoms with Crippen LogP contribution in [-0.4, -0.2) is 42.8 Å². The smallest absolute Gasteiger partial charge is 0.462 e. The third-order valence-corrected chi connectivity index (χ3v) is 10.9. The van der Waals surface area contributed by atoms with E-state index in [0.29, 0.717) is 12.8 Å². The van der Waals surface area contributed by atoms with Gasteiger partial charge in [-0.2, -0.15) is 0 Å². The predicted molar refractivity (Wildman–Crippen MR) is 221 cm³/mol. The monoisotopic (exact) mass is 773 g/mol. The summed E-state index contributed by atoms with van der Waals surface area (Å²) < 4.78 is 32.6. The molecule has 0 aliphatic carbocycles. The van der Waals surface area contributed by atoms with Gasteiger partial charge in [0.15, 0.2) is 6.10 Å². The molecule has 8 nitrogen and oxygen atoms in total. The summed E-state index contributed by atoms with van der Waals surface area (Å²) in [6.07, 6.45) is 42.7. The van der Waals surface area contributed by atoms with E-state index in [-0.39, 0.29) is 25.6 Å². The lowest BCUT2D eigenvalue weighted by atomic mass is 10.0. The third-order valence-electron chi connectivity index (χ3n) is 9.82. The van der Waals surface area contributed by atoms with Crippen molar-refractivity contribution in [3.63, 3.8) is 0 Å². The maximum absolute atomic E-state index is 12.5. The van der Waals surface area contributed by atoms with Crippen molar-refractivity contribution in [2.75, 3.05) is 19.8 Å². The van der Waals surface area contributed by atoms with Crippen molar-refractivity contribution in [1.29, 1.82) is 0 Å². The average Bonchev–Trinajstić information content (AvgIpc) is 3.13. The minimum absolute atomic E-state index is 0.00201. The quantitative estimate of drug-likeness (QED) is 0.0283. The largest absolute Gasteiger partial charge is 0.472 e. The van der Waals surface area contributed by atoms with Crippen LogP contribution in [0.25, 0.3) is 0 Å². The van der Waals surface area contributed by atoms with Crippen LogP contribution >= 0.6 is 7.82 Å². The van der Waals surface area contributed by atoms with Crippen LogP contribution < -0.4 is 0 Å². The van der Waals surface area contributed by atoms with E-state index in [1.807, 2.05) is 0 Å². The van der Waals surface area contributed by atoms with E-state index in [2.05, 4.69) is 26.0 Å². The van der Waals surface area contributed by atoms with Crippen LogP contribution in [0.3, 0.4) is 0 Å². The van der Waals surface area contributed by atoms with Crippen molar-refractivity contribution in [1.82, 2.24) is 0 Å². The molecule has 0 aromatic rings. The second-order valence-corrected chi connectivity index (χ2v) is 16.5. The number of phosphoric acid groups is 1. The van der Waals surface area contributed by atoms with Crippen LogP contribution in [0.4, 0.5) is 0 Å². The Balaban J connectivity index is 3.98. The van der Waals surface area contributed by atoms with Crippen molar-refractivity contribution < 1.29 is 37.6 Å². The normalized spacial score (nSPS) is 13.4. The molecule has 314 valence electrons. The molecule has 9 heteroatoms. The number of hydrogen-bond acceptors (Lipinski definition) is 7. The second-order valence-electron chi connectivity index (χ2n) is 15.1. The Hall–Kier alpha value is -1.21. The van der Waals surface area contributed by atoms with Gasteiger partial charge >= 0.3 is 19.8 Å². The number of carbonyl (C=O) groups is 2. The number of hydrogen-bond donors (Lipinski definition) is 1. The van der Waals surface area contributed by atoms with Crippen molar-refractivity contribution in [3.05, 3.63) is 12.2 Å². The highest BCUT2D eigenvalue weighted by molar-refractivity contribution is 7.47. The van der Waals surface area contributed by atoms with Gasteiger partial charge in [0.05, 0.1) is 13.2 Å². The number of ether oxygens (including phenoxy) is 2. The van der Waals surface area contributed by atoms with Crippen LogP contribution in [0.2, 0.25) is 0 Å². The van der Waals surface area contributed by atoms with Gasteiger partial charge in [-0.15, -0.1) is 0 Å². The molecule has 0 aliphatic rings. The molecule has 2 atom stereocenters. The van der Waals surface area contributed by atoms with E-state index < -0.39 is 26.5 Å². The molecular weight excluding hydrogens is 687 g/mol. The first-order valence-corrected chi connectivity index (χ1v) is 24.0. The molecule has 0 saturated carbocycles. The molecular formula is C44H85O8P. The highest BCUT2D eigenvalue weighted by Crippen LogP contribution is 2.43. The first-order chi connectivity index (χ1) is 25.8. The van der Waals surface area contributed by atoms with Gasteiger partial charge in [-0.3, -0.25) is 18.6 Å². The van der Waals surface area contributed by atoms with Crippen LogP contribution in [0.15, 0.2) is 12.2 Å². The van der Waals surface area contributed by atoms with Crippen LogP contribution in [0.5, 0.6) is 0 Å². The fraction of sp³-hybridized carbons (Fsp3) is 0.909. The summed E-state index contributed by atoms with van der Waals surface area (Å²) >= 11 is 0. The van der Waals surface area contributed by atoms with Crippen LogP contribution in [0.1, 0.15) is 233 Å². The Kier molecular flexibility index (Phi) is 39.5. The first kappa shape index (κ1) is 51.8. The molecule has 0 aromatic carbocycles. The van der Waals surface area contributed by atoms with Gasteiger partial charge in [0, 0.05) is 12.8 Å². The zero-order valence-corrected chi connectivity index (χ0v) is 35.8. The summed E-state index contributed by atoms with van der Waals surface area (Å²) in [6.45, 7) is 5.48. The van der Waals surface area contributed by atoms with E-state index >= 15 is 0 Å². The molecule has 1 N–H and O–H groups in total. The number of phosphoric ester groups is 1. The molecule has 0 amide bonds. The molecule has 0 saturated heterocycles. The maximum atomic E-state index is 12.5. The Bertz CT molecular complexity index is 879. The van der Waals surface area contributed by atoms with E-state index in [0.717, 1.165) is 51.4 Å². The van der Waals surface area contributed by atoms with Gasteiger partial charge in [-0.05, 0) is 45.4 Å². The van der Waals surface area contributed by atoms with Gasteiger partial charge < -0.3 is 14.4 Å². The minimum atomic E-state index is -4.28. The van der Waals surface area contributed by atoms with Crippen molar-refractivity contribution in [3.8, 4) is 0 Å². The zero-order valence-electron chi connectivity index (χ0n) is 34.9. The molecule has 0 aliphatic heterocycles. The van der Waals surface area contributed by atoms with Crippen LogP contribution in [0, 0.1) is 0 Å². The van der Waals surface area contributed by atoms with Gasteiger partial charge in [0.25, 0.3) is 0 Å². The first-order valence-electron chi connectivity index (χ1n) is 22.5. The minimum Gasteiger partial charge on any atom is -0.462 e. The molecule has 0 heterocycles. The summed E-state index contributed by atoms with van der Waals surface area (Å²) in [5, 5.41) is 0. The number of esters is 2. The number of carbonyl (C=O) groups excluding carboxylic acids is 2. The fourth-order valence-corrected chi connectivity index (χ4v) is 7.26. The van der Waals surface area contributed by atoms with E-state index in [1.54, 1.807) is 6.92 Å². The predicted octanol–water partition coefficient (Wildman–Crippen LogP) is 14.1. The Morgan fingerprint density at radius 2 is 0.849 bits per heavy atom. The topological polar surface area (TPSA) is 108 Å². The lowest BCUT2D eigenvalue weighted by Gasteiger charge is -2.19. The lowest BCUT2D eigenvalue weighted by Crippen LogP contribution is -2.29. The highest BCUT2D eigenvalue weighted by Gasteiger charge is 2.25. The Morgan fingerprint density at radius 1 is 0.491 bits per heavy atom. The third kappa shape index (κ3) is 40.3. The SMILES string of the molecule is CCCCCC/C=C\CCCCCCCC(=O)OC(COC(=O)CCCCCCCCCCCCCCCCCCCCCC)COP(=O)(O)OCC. The molecule has 0 aromatic heterocycles. The van der Waals surface area contributed by atoms with Gasteiger partial charge in [0.2, 0.25) is 0 Å². The molecule has 53 heavy (non-hydrogen) atoms. The summed E-state index contributed by atoms with van der Waals surface area (Å²) in [6, 6.07) is 0. The van der Waals surface area contributed by atoms with Crippen molar-refractivity contribution in [2.45, 2.75) is 239 Å². The average molecular weight is 773 g/mol. The van der Waals surface area contributed by atoms with Crippen molar-refractivity contribution in [2.24, 2.45) is 0 Å². The molecule has 0 radical (unpaired) electrons. The molecule has 0 rings (SSSR count). The van der Waals surface area contributed by atoms with E-state index in [9.17, 15) is 19.0 Å². The highest BCUT2D eigenvalue weighted by atomic mass is 31.2. The Labute approximate surface area is 327 Å². The molecule has 0 spiro atoms. The lowest BCUT2D eigenvalue weighted by molar-refractivity contribution is -0.161. The summed E-state index contributed by atoms with van der Waals surface area (Å²) in [5.41, 5.74) is 0. The second kappa shape index (κ2) is 40.5. The zero-order chi connectivity index (χ0) is 38.9. The van der Waals surface area contributed by atoms with Gasteiger partial charge in [-0.1, -0.05) is 187 Å². The fourth-order valence-electron chi connectivity index (χ4n) is 6.51. The summed E-state index contributed by atoms with van der Waals surface area (Å²) in [5.74, 6) is -0.796. The molecule has 0 fully saturated rings. The van der Waals surface area contributed by atoms with Gasteiger partial charge in [-0.25, -0.2) is 4.57 Å². The van der Waals surface area contributed by atoms with E-state index in [1.165, 1.54) is 141 Å². The maximum Gasteiger partial charge on any atom is 0.472 e. The van der Waals surface area contributed by atoms with E-state index in [4.69, 9.17) is 18.5 Å². The summed E-state index contributed by atoms with van der Waals surface area (Å²) in [7, 11) is -4.28. The summed E-state index contributed by atoms with van der Waals surface area (Å²) in [4.78, 5) is 34.7. The standard InChI is InChI=1S/C44H85O8P/c1-4-7-9-11-13-15-17-19-20-21-22-23-24-25-27-28-30-32-34-36-38-43(45)49-40-42(41-51-53(47,48)50-6-3)52-44(46)39-37-35-33-31-29-26-18-16-14-12-10-8-5-2/h16,18,42H,4-15,17,19-41H2,1-3H3,(H,47,48)/b18-16-.